The molecule has 2 rings (SSSR count). The maximum Gasteiger partial charge on any atom is 0.241 e. The maximum absolute atomic E-state index is 14.0. The highest BCUT2D eigenvalue weighted by Gasteiger charge is 2.21. The third-order valence-electron chi connectivity index (χ3n) is 3.23. The Morgan fingerprint density at radius 3 is 2.55 bits per heavy atom. The van der Waals surface area contributed by atoms with Gasteiger partial charge >= 0.3 is 0 Å². The molecule has 0 unspecified atom stereocenters. The van der Waals surface area contributed by atoms with Crippen molar-refractivity contribution in [2.24, 2.45) is 0 Å². The lowest BCUT2D eigenvalue weighted by Crippen LogP contribution is -2.24. The molecule has 1 N–H and O–H groups in total. The van der Waals surface area contributed by atoms with Crippen LogP contribution in [0.4, 0.5) is 4.39 Å². The first kappa shape index (κ1) is 16.9. The van der Waals surface area contributed by atoms with E-state index >= 15 is 0 Å². The molecule has 0 radical (unpaired) electrons. The summed E-state index contributed by atoms with van der Waals surface area (Å²) in [5.41, 5.74) is 0.826. The van der Waals surface area contributed by atoms with Gasteiger partial charge in [-0.15, -0.1) is 11.3 Å². The number of ether oxygens (including phenoxy) is 1. The molecule has 2 aromatic rings. The van der Waals surface area contributed by atoms with E-state index in [9.17, 15) is 12.8 Å². The zero-order chi connectivity index (χ0) is 16.5. The molecule has 0 spiro atoms. The van der Waals surface area contributed by atoms with E-state index in [1.807, 2.05) is 13.8 Å². The lowest BCUT2D eigenvalue weighted by atomic mass is 10.2. The number of aryl methyl sites for hydroxylation is 2. The Kier molecular flexibility index (Phi) is 4.84. The summed E-state index contributed by atoms with van der Waals surface area (Å²) < 4.78 is 46.1. The second kappa shape index (κ2) is 6.31. The average molecular weight is 344 g/mol. The maximum atomic E-state index is 14.0. The average Bonchev–Trinajstić information content (AvgIpc) is 2.77. The summed E-state index contributed by atoms with van der Waals surface area (Å²) >= 11 is 1.43. The second-order valence-electron chi connectivity index (χ2n) is 4.77. The highest BCUT2D eigenvalue weighted by atomic mass is 32.2. The molecular formula is C14H17FN2O3S2. The summed E-state index contributed by atoms with van der Waals surface area (Å²) in [6, 6.07) is 2.64. The number of benzene rings is 1. The number of methoxy groups -OCH3 is 1. The third-order valence-corrected chi connectivity index (χ3v) is 5.85. The first-order valence-electron chi connectivity index (χ1n) is 6.52. The van der Waals surface area contributed by atoms with Crippen LogP contribution in [0.3, 0.4) is 0 Å². The molecule has 1 aromatic heterocycles. The SMILES string of the molecule is COc1ccc(S(=O)(=O)NCc2sc(C)nc2C)c(C)c1F. The van der Waals surface area contributed by atoms with Crippen LogP contribution in [0.2, 0.25) is 0 Å². The Balaban J connectivity index is 2.28. The monoisotopic (exact) mass is 344 g/mol. The van der Waals surface area contributed by atoms with Crippen LogP contribution in [-0.2, 0) is 16.6 Å². The second-order valence-corrected chi connectivity index (χ2v) is 7.79. The van der Waals surface area contributed by atoms with Gasteiger partial charge in [-0.1, -0.05) is 0 Å². The first-order chi connectivity index (χ1) is 10.3. The van der Waals surface area contributed by atoms with Crippen LogP contribution >= 0.6 is 11.3 Å². The molecule has 120 valence electrons. The molecule has 0 fully saturated rings. The Bertz CT molecular complexity index is 801. The number of nitrogens with one attached hydrogen (secondary N) is 1. The standard InChI is InChI=1S/C14H17FN2O3S2/c1-8-13(6-5-11(20-4)14(8)15)22(18,19)16-7-12-9(2)17-10(3)21-12/h5-6,16H,7H2,1-4H3. The van der Waals surface area contributed by atoms with E-state index in [4.69, 9.17) is 4.74 Å². The number of rotatable bonds is 5. The van der Waals surface area contributed by atoms with Crippen LogP contribution in [0.1, 0.15) is 21.1 Å². The predicted molar refractivity (Wildman–Crippen MR) is 83.3 cm³/mol. The number of thiazole rings is 1. The van der Waals surface area contributed by atoms with Gasteiger partial charge in [-0.3, -0.25) is 0 Å². The van der Waals surface area contributed by atoms with Crippen molar-refractivity contribution in [1.82, 2.24) is 9.71 Å². The molecule has 0 saturated heterocycles. The van der Waals surface area contributed by atoms with Gasteiger partial charge in [-0.05, 0) is 32.9 Å². The molecule has 1 heterocycles. The molecular weight excluding hydrogens is 327 g/mol. The van der Waals surface area contributed by atoms with Gasteiger partial charge in [-0.25, -0.2) is 22.5 Å². The van der Waals surface area contributed by atoms with Crippen molar-refractivity contribution in [2.75, 3.05) is 7.11 Å². The van der Waals surface area contributed by atoms with Crippen LogP contribution in [0, 0.1) is 26.6 Å². The number of hydrogen-bond donors (Lipinski definition) is 1. The van der Waals surface area contributed by atoms with Crippen LogP contribution < -0.4 is 9.46 Å². The largest absolute Gasteiger partial charge is 0.494 e. The molecule has 0 amide bonds. The fourth-order valence-corrected chi connectivity index (χ4v) is 4.27. The third kappa shape index (κ3) is 3.29. The van der Waals surface area contributed by atoms with Crippen LogP contribution in [0.25, 0.3) is 0 Å². The first-order valence-corrected chi connectivity index (χ1v) is 8.82. The molecule has 22 heavy (non-hydrogen) atoms. The molecule has 8 heteroatoms. The van der Waals surface area contributed by atoms with Gasteiger partial charge in [0.1, 0.15) is 0 Å². The zero-order valence-electron chi connectivity index (χ0n) is 12.7. The van der Waals surface area contributed by atoms with Gasteiger partial charge in [0.2, 0.25) is 10.0 Å². The molecule has 0 aliphatic carbocycles. The van der Waals surface area contributed by atoms with E-state index in [2.05, 4.69) is 9.71 Å². The van der Waals surface area contributed by atoms with Gasteiger partial charge in [-0.2, -0.15) is 0 Å². The minimum absolute atomic E-state index is 0.0189. The highest BCUT2D eigenvalue weighted by molar-refractivity contribution is 7.89. The van der Waals surface area contributed by atoms with Crippen molar-refractivity contribution < 1.29 is 17.5 Å². The smallest absolute Gasteiger partial charge is 0.241 e. The minimum Gasteiger partial charge on any atom is -0.494 e. The Labute approximate surface area is 133 Å². The molecule has 0 aliphatic heterocycles. The summed E-state index contributed by atoms with van der Waals surface area (Å²) in [6.45, 7) is 5.23. The predicted octanol–water partition coefficient (Wildman–Crippen LogP) is 2.69. The minimum atomic E-state index is -3.81. The zero-order valence-corrected chi connectivity index (χ0v) is 14.4. The van der Waals surface area contributed by atoms with Crippen LogP contribution in [0.15, 0.2) is 17.0 Å². The van der Waals surface area contributed by atoms with Gasteiger partial charge in [0, 0.05) is 17.0 Å². The normalized spacial score (nSPS) is 11.7. The molecule has 0 saturated carbocycles. The van der Waals surface area contributed by atoms with Gasteiger partial charge in [0.05, 0.1) is 22.7 Å². The Morgan fingerprint density at radius 1 is 1.32 bits per heavy atom. The molecule has 1 aromatic carbocycles. The van der Waals surface area contributed by atoms with Crippen molar-refractivity contribution in [2.45, 2.75) is 32.2 Å². The van der Waals surface area contributed by atoms with E-state index in [0.717, 1.165) is 15.6 Å². The van der Waals surface area contributed by atoms with E-state index < -0.39 is 15.8 Å². The van der Waals surface area contributed by atoms with Crippen molar-refractivity contribution in [3.05, 3.63) is 39.1 Å². The fourth-order valence-electron chi connectivity index (χ4n) is 2.07. The number of sulfonamides is 1. The van der Waals surface area contributed by atoms with Crippen molar-refractivity contribution in [3.8, 4) is 5.75 Å². The van der Waals surface area contributed by atoms with Crippen LogP contribution in [-0.4, -0.2) is 20.5 Å². The number of hydrogen-bond acceptors (Lipinski definition) is 5. The molecule has 5 nitrogen and oxygen atoms in total. The topological polar surface area (TPSA) is 68.3 Å². The van der Waals surface area contributed by atoms with Crippen molar-refractivity contribution in [1.29, 1.82) is 0 Å². The van der Waals surface area contributed by atoms with E-state index in [-0.39, 0.29) is 22.8 Å². The number of aromatic nitrogens is 1. The summed E-state index contributed by atoms with van der Waals surface area (Å²) in [6.07, 6.45) is 0. The Morgan fingerprint density at radius 2 is 2.00 bits per heavy atom. The van der Waals surface area contributed by atoms with Crippen molar-refractivity contribution >= 4 is 21.4 Å². The highest BCUT2D eigenvalue weighted by Crippen LogP contribution is 2.26. The van der Waals surface area contributed by atoms with Gasteiger partial charge in [0.25, 0.3) is 0 Å². The van der Waals surface area contributed by atoms with Crippen LogP contribution in [0.5, 0.6) is 5.75 Å². The van der Waals surface area contributed by atoms with E-state index in [1.165, 1.54) is 37.5 Å². The summed E-state index contributed by atoms with van der Waals surface area (Å²) in [5.74, 6) is -0.652. The molecule has 0 atom stereocenters. The number of halogens is 1. The summed E-state index contributed by atoms with van der Waals surface area (Å²) in [7, 11) is -2.48. The van der Waals surface area contributed by atoms with E-state index in [0.29, 0.717) is 0 Å². The Hall–Kier alpha value is -1.51. The van der Waals surface area contributed by atoms with E-state index in [1.54, 1.807) is 0 Å². The van der Waals surface area contributed by atoms with Crippen molar-refractivity contribution in [3.63, 3.8) is 0 Å². The number of nitrogens with zero attached hydrogens (tertiary/aromatic N) is 1. The lowest BCUT2D eigenvalue weighted by molar-refractivity contribution is 0.384. The summed E-state index contributed by atoms with van der Waals surface area (Å²) in [4.78, 5) is 4.99. The lowest BCUT2D eigenvalue weighted by Gasteiger charge is -2.11. The molecule has 0 aliphatic rings. The molecule has 0 bridgehead atoms. The summed E-state index contributed by atoms with van der Waals surface area (Å²) in [5, 5.41) is 0.873. The quantitative estimate of drug-likeness (QED) is 0.905. The fraction of sp³-hybridized carbons (Fsp3) is 0.357. The van der Waals surface area contributed by atoms with Gasteiger partial charge < -0.3 is 4.74 Å². The van der Waals surface area contributed by atoms with Gasteiger partial charge in [0.15, 0.2) is 11.6 Å².